The number of benzene rings is 1. The van der Waals surface area contributed by atoms with E-state index in [-0.39, 0.29) is 0 Å². The lowest BCUT2D eigenvalue weighted by Crippen LogP contribution is -2.13. The Kier molecular flexibility index (Phi) is 3.98. The van der Waals surface area contributed by atoms with E-state index in [9.17, 15) is 0 Å². The second-order valence-electron chi connectivity index (χ2n) is 4.77. The quantitative estimate of drug-likeness (QED) is 0.926. The Hall–Kier alpha value is -1.55. The first-order valence-corrected chi connectivity index (χ1v) is 7.76. The van der Waals surface area contributed by atoms with E-state index in [1.807, 2.05) is 54.5 Å². The standard InChI is InChI=1S/C15H17N3S/c1-2-4-13(5-3-1)15-17-9-14(10-18-15)16-8-12-6-7-19-11-12/h1-5,9-10,12,16H,6-8,11H2. The van der Waals surface area contributed by atoms with Crippen molar-refractivity contribution in [3.8, 4) is 11.4 Å². The lowest BCUT2D eigenvalue weighted by Gasteiger charge is -2.10. The summed E-state index contributed by atoms with van der Waals surface area (Å²) in [5, 5.41) is 3.43. The first kappa shape index (κ1) is 12.5. The molecule has 1 N–H and O–H groups in total. The second-order valence-corrected chi connectivity index (χ2v) is 5.92. The van der Waals surface area contributed by atoms with Gasteiger partial charge in [0.2, 0.25) is 0 Å². The van der Waals surface area contributed by atoms with Gasteiger partial charge in [0.15, 0.2) is 5.82 Å². The van der Waals surface area contributed by atoms with E-state index in [4.69, 9.17) is 0 Å². The van der Waals surface area contributed by atoms with Gasteiger partial charge in [0.1, 0.15) is 0 Å². The van der Waals surface area contributed by atoms with E-state index >= 15 is 0 Å². The largest absolute Gasteiger partial charge is 0.382 e. The van der Waals surface area contributed by atoms with Crippen molar-refractivity contribution in [1.82, 2.24) is 9.97 Å². The average molecular weight is 271 g/mol. The topological polar surface area (TPSA) is 37.8 Å². The molecule has 4 heteroatoms. The van der Waals surface area contributed by atoms with Crippen LogP contribution in [0.15, 0.2) is 42.7 Å². The zero-order valence-electron chi connectivity index (χ0n) is 10.7. The summed E-state index contributed by atoms with van der Waals surface area (Å²) < 4.78 is 0. The zero-order chi connectivity index (χ0) is 12.9. The number of thioether (sulfide) groups is 1. The molecule has 0 spiro atoms. The maximum absolute atomic E-state index is 4.42. The SMILES string of the molecule is c1ccc(-c2ncc(NCC3CCSC3)cn2)cc1. The summed E-state index contributed by atoms with van der Waals surface area (Å²) in [5.41, 5.74) is 2.07. The third-order valence-electron chi connectivity index (χ3n) is 3.30. The molecule has 3 rings (SSSR count). The Balaban J connectivity index is 1.62. The van der Waals surface area contributed by atoms with Crippen LogP contribution in [0.3, 0.4) is 0 Å². The molecule has 2 heterocycles. The minimum atomic E-state index is 0.780. The highest BCUT2D eigenvalue weighted by Gasteiger charge is 2.14. The Morgan fingerprint density at radius 3 is 2.63 bits per heavy atom. The molecule has 1 aliphatic rings. The molecule has 0 bridgehead atoms. The summed E-state index contributed by atoms with van der Waals surface area (Å²) in [6.07, 6.45) is 5.06. The molecule has 1 aliphatic heterocycles. The molecule has 1 aromatic heterocycles. The van der Waals surface area contributed by atoms with Crippen LogP contribution in [0.4, 0.5) is 5.69 Å². The summed E-state index contributed by atoms with van der Waals surface area (Å²) >= 11 is 2.05. The van der Waals surface area contributed by atoms with Crippen LogP contribution >= 0.6 is 11.8 Å². The molecule has 1 atom stereocenters. The predicted molar refractivity (Wildman–Crippen MR) is 81.4 cm³/mol. The van der Waals surface area contributed by atoms with Crippen molar-refractivity contribution in [1.29, 1.82) is 0 Å². The number of anilines is 1. The van der Waals surface area contributed by atoms with Crippen molar-refractivity contribution in [2.24, 2.45) is 5.92 Å². The van der Waals surface area contributed by atoms with Gasteiger partial charge in [0.05, 0.1) is 18.1 Å². The lowest BCUT2D eigenvalue weighted by atomic mass is 10.1. The first-order chi connectivity index (χ1) is 9.42. The molecule has 0 saturated carbocycles. The summed E-state index contributed by atoms with van der Waals surface area (Å²) in [4.78, 5) is 8.83. The molecule has 1 unspecified atom stereocenters. The van der Waals surface area contributed by atoms with Gasteiger partial charge >= 0.3 is 0 Å². The number of nitrogens with zero attached hydrogens (tertiary/aromatic N) is 2. The Morgan fingerprint density at radius 1 is 1.16 bits per heavy atom. The molecular weight excluding hydrogens is 254 g/mol. The highest BCUT2D eigenvalue weighted by molar-refractivity contribution is 7.99. The maximum Gasteiger partial charge on any atom is 0.159 e. The van der Waals surface area contributed by atoms with Gasteiger partial charge in [-0.15, -0.1) is 0 Å². The van der Waals surface area contributed by atoms with Gasteiger partial charge in [-0.1, -0.05) is 30.3 Å². The molecule has 0 radical (unpaired) electrons. The predicted octanol–water partition coefficient (Wildman–Crippen LogP) is 3.31. The third-order valence-corrected chi connectivity index (χ3v) is 4.53. The van der Waals surface area contributed by atoms with Crippen LogP contribution in [0.2, 0.25) is 0 Å². The minimum Gasteiger partial charge on any atom is -0.382 e. The van der Waals surface area contributed by atoms with Crippen molar-refractivity contribution in [2.75, 3.05) is 23.4 Å². The molecule has 1 aromatic carbocycles. The van der Waals surface area contributed by atoms with Crippen LogP contribution in [0, 0.1) is 5.92 Å². The molecule has 2 aromatic rings. The van der Waals surface area contributed by atoms with Gasteiger partial charge in [-0.05, 0) is 23.8 Å². The summed E-state index contributed by atoms with van der Waals surface area (Å²) in [5.74, 6) is 4.15. The molecule has 1 saturated heterocycles. The normalized spacial score (nSPS) is 18.4. The number of rotatable bonds is 4. The Bertz CT molecular complexity index is 507. The van der Waals surface area contributed by atoms with E-state index in [0.29, 0.717) is 0 Å². The number of hydrogen-bond donors (Lipinski definition) is 1. The van der Waals surface area contributed by atoms with Gasteiger partial charge in [-0.2, -0.15) is 11.8 Å². The van der Waals surface area contributed by atoms with Gasteiger partial charge in [0.25, 0.3) is 0 Å². The number of aromatic nitrogens is 2. The Morgan fingerprint density at radius 2 is 1.95 bits per heavy atom. The van der Waals surface area contributed by atoms with Gasteiger partial charge in [0, 0.05) is 12.1 Å². The second kappa shape index (κ2) is 6.06. The van der Waals surface area contributed by atoms with Gasteiger partial charge in [-0.3, -0.25) is 0 Å². The molecule has 1 fully saturated rings. The average Bonchev–Trinajstić information content (AvgIpc) is 3.00. The van der Waals surface area contributed by atoms with E-state index in [0.717, 1.165) is 29.5 Å². The van der Waals surface area contributed by atoms with Crippen LogP contribution in [0.5, 0.6) is 0 Å². The monoisotopic (exact) mass is 271 g/mol. The molecule has 98 valence electrons. The molecule has 0 aliphatic carbocycles. The highest BCUT2D eigenvalue weighted by Crippen LogP contribution is 2.23. The smallest absolute Gasteiger partial charge is 0.159 e. The maximum atomic E-state index is 4.42. The van der Waals surface area contributed by atoms with E-state index in [2.05, 4.69) is 15.3 Å². The van der Waals surface area contributed by atoms with Crippen LogP contribution in [-0.4, -0.2) is 28.0 Å². The number of nitrogens with one attached hydrogen (secondary N) is 1. The van der Waals surface area contributed by atoms with Crippen molar-refractivity contribution in [3.05, 3.63) is 42.7 Å². The highest BCUT2D eigenvalue weighted by atomic mass is 32.2. The minimum absolute atomic E-state index is 0.780. The van der Waals surface area contributed by atoms with E-state index in [1.165, 1.54) is 17.9 Å². The van der Waals surface area contributed by atoms with Crippen LogP contribution in [0.25, 0.3) is 11.4 Å². The lowest BCUT2D eigenvalue weighted by molar-refractivity contribution is 0.631. The summed E-state index contributed by atoms with van der Waals surface area (Å²) in [6, 6.07) is 10.1. The van der Waals surface area contributed by atoms with Crippen molar-refractivity contribution >= 4 is 17.4 Å². The van der Waals surface area contributed by atoms with Crippen molar-refractivity contribution < 1.29 is 0 Å². The fourth-order valence-electron chi connectivity index (χ4n) is 2.16. The first-order valence-electron chi connectivity index (χ1n) is 6.61. The third kappa shape index (κ3) is 3.26. The molecule has 0 amide bonds. The fourth-order valence-corrected chi connectivity index (χ4v) is 3.45. The van der Waals surface area contributed by atoms with Gasteiger partial charge in [-0.25, -0.2) is 9.97 Å². The van der Waals surface area contributed by atoms with Gasteiger partial charge < -0.3 is 5.32 Å². The van der Waals surface area contributed by atoms with E-state index < -0.39 is 0 Å². The summed E-state index contributed by atoms with van der Waals surface area (Å²) in [7, 11) is 0. The Labute approximate surface area is 117 Å². The van der Waals surface area contributed by atoms with Crippen LogP contribution in [0.1, 0.15) is 6.42 Å². The zero-order valence-corrected chi connectivity index (χ0v) is 11.6. The van der Waals surface area contributed by atoms with Crippen LogP contribution < -0.4 is 5.32 Å². The van der Waals surface area contributed by atoms with Crippen molar-refractivity contribution in [3.63, 3.8) is 0 Å². The molecule has 3 nitrogen and oxygen atoms in total. The molecular formula is C15H17N3S. The van der Waals surface area contributed by atoms with Crippen LogP contribution in [-0.2, 0) is 0 Å². The number of hydrogen-bond acceptors (Lipinski definition) is 4. The van der Waals surface area contributed by atoms with E-state index in [1.54, 1.807) is 0 Å². The fraction of sp³-hybridized carbons (Fsp3) is 0.333. The summed E-state index contributed by atoms with van der Waals surface area (Å²) in [6.45, 7) is 1.03. The van der Waals surface area contributed by atoms with Crippen molar-refractivity contribution in [2.45, 2.75) is 6.42 Å². The molecule has 19 heavy (non-hydrogen) atoms.